The van der Waals surface area contributed by atoms with E-state index in [2.05, 4.69) is 20.6 Å². The van der Waals surface area contributed by atoms with Crippen molar-refractivity contribution in [2.45, 2.75) is 24.5 Å². The number of hydrogen-bond donors (Lipinski definition) is 5. The number of Topliss-reactive ketones (excluding diaryl/α,β-unsaturated/α-hetero) is 4. The molecule has 2 saturated carbocycles. The summed E-state index contributed by atoms with van der Waals surface area (Å²) in [5, 5.41) is 17.3. The number of carbonyl (C=O) groups excluding carboxylic acids is 6. The molecule has 242 valence electrons. The molecule has 1 aromatic heterocycles. The Morgan fingerprint density at radius 2 is 1.78 bits per heavy atom. The van der Waals surface area contributed by atoms with Gasteiger partial charge in [0.1, 0.15) is 6.54 Å². The number of aliphatic imine (C=N–C) groups is 1. The quantitative estimate of drug-likeness (QED) is 0.140. The van der Waals surface area contributed by atoms with E-state index in [0.717, 1.165) is 0 Å². The van der Waals surface area contributed by atoms with Crippen LogP contribution in [0, 0.1) is 23.7 Å². The molecule has 4 unspecified atom stereocenters. The van der Waals surface area contributed by atoms with E-state index in [1.54, 1.807) is 57.5 Å². The molecule has 0 aliphatic heterocycles. The highest BCUT2D eigenvalue weighted by Crippen LogP contribution is 2.51. The number of anilines is 3. The Morgan fingerprint density at radius 1 is 1.07 bits per heavy atom. The van der Waals surface area contributed by atoms with E-state index in [9.17, 15) is 33.9 Å². The summed E-state index contributed by atoms with van der Waals surface area (Å²) in [4.78, 5) is 91.1. The number of aliphatic hydroxyl groups is 1. The molecular weight excluding hydrogens is 596 g/mol. The molecule has 0 bridgehead atoms. The number of hydrogen-bond acceptors (Lipinski definition) is 11. The van der Waals surface area contributed by atoms with Gasteiger partial charge >= 0.3 is 0 Å². The summed E-state index contributed by atoms with van der Waals surface area (Å²) in [5.41, 5.74) is 10.7. The van der Waals surface area contributed by atoms with Gasteiger partial charge in [-0.25, -0.2) is 4.99 Å². The second-order valence-electron chi connectivity index (χ2n) is 12.3. The number of amides is 2. The maximum absolute atomic E-state index is 14.1. The van der Waals surface area contributed by atoms with Crippen LogP contribution in [0.25, 0.3) is 0 Å². The van der Waals surface area contributed by atoms with Gasteiger partial charge in [-0.2, -0.15) is 0 Å². The number of likely N-dealkylation sites (N-methyl/N-ethyl adjacent to an activating group) is 1. The van der Waals surface area contributed by atoms with E-state index in [0.29, 0.717) is 16.9 Å². The zero-order chi connectivity index (χ0) is 33.7. The van der Waals surface area contributed by atoms with Crippen LogP contribution in [0.2, 0.25) is 0 Å². The molecule has 3 aliphatic carbocycles. The van der Waals surface area contributed by atoms with Crippen molar-refractivity contribution in [2.75, 3.05) is 50.3 Å². The maximum atomic E-state index is 14.1. The average Bonchev–Trinajstić information content (AvgIpc) is 2.98. The lowest BCUT2D eigenvalue weighted by molar-refractivity contribution is -0.181. The Balaban J connectivity index is 1.45. The van der Waals surface area contributed by atoms with Crippen molar-refractivity contribution >= 4 is 58.0 Å². The van der Waals surface area contributed by atoms with Crippen molar-refractivity contribution in [3.05, 3.63) is 47.8 Å². The minimum atomic E-state index is -2.76. The number of carbonyl (C=O) groups is 6. The molecule has 1 aromatic carbocycles. The molecular formula is C31H36N8O7. The highest BCUT2D eigenvalue weighted by Gasteiger charge is 2.69. The molecule has 2 amide bonds. The van der Waals surface area contributed by atoms with Crippen LogP contribution in [0.4, 0.5) is 17.1 Å². The summed E-state index contributed by atoms with van der Waals surface area (Å²) < 4.78 is 0. The smallest absolute Gasteiger partial charge is 0.246 e. The molecule has 0 saturated heterocycles. The molecule has 15 nitrogen and oxygen atoms in total. The van der Waals surface area contributed by atoms with Crippen LogP contribution in [-0.2, 0) is 30.4 Å². The van der Waals surface area contributed by atoms with Crippen LogP contribution in [0.3, 0.4) is 0 Å². The van der Waals surface area contributed by atoms with Gasteiger partial charge in [0, 0.05) is 43.1 Å². The van der Waals surface area contributed by atoms with Crippen molar-refractivity contribution in [1.29, 1.82) is 0 Å². The van der Waals surface area contributed by atoms with Crippen LogP contribution in [0.1, 0.15) is 22.3 Å². The lowest BCUT2D eigenvalue weighted by Gasteiger charge is -2.52. The van der Waals surface area contributed by atoms with Gasteiger partial charge in [-0.3, -0.25) is 38.7 Å². The molecule has 15 heteroatoms. The van der Waals surface area contributed by atoms with Crippen LogP contribution in [0.5, 0.6) is 0 Å². The topological polar surface area (TPSA) is 230 Å². The molecule has 6 atom stereocenters. The van der Waals surface area contributed by atoms with Crippen LogP contribution >= 0.6 is 0 Å². The zero-order valence-electron chi connectivity index (χ0n) is 25.8. The molecule has 0 spiro atoms. The number of aromatic nitrogens is 1. The number of primary amides is 1. The number of benzene rings is 1. The van der Waals surface area contributed by atoms with E-state index in [1.807, 2.05) is 0 Å². The first kappa shape index (κ1) is 32.4. The van der Waals surface area contributed by atoms with Crippen LogP contribution in [0.15, 0.2) is 41.7 Å². The van der Waals surface area contributed by atoms with Crippen molar-refractivity contribution in [3.8, 4) is 0 Å². The SMILES string of the molecule is CN(C)c1cc(NC(=O)CN=C(N)Nc2cccnc2)cc2c1CC1CC3[C@H](N(C)C)C(=O)C(C(N)=O)C(=O)[C@@]3(O)C(=O)C1C2=O. The standard InChI is InChI=1S/C31H36N8O7/c1-38(2)20-11-16(36-21(40)13-35-30(33)37-15-6-5-7-34-12-15)10-18-17(20)8-14-9-19-24(39(3)4)26(42)23(29(32)45)28(44)31(19,46)27(43)22(14)25(18)41/h5-7,10-12,14,19,22-24,46H,8-9,13H2,1-4H3,(H2,32,45)(H,36,40)(H3,33,35,37)/t14?,19?,22?,23?,24-,31-/m0/s1. The van der Waals surface area contributed by atoms with Gasteiger partial charge < -0.3 is 32.1 Å². The zero-order valence-corrected chi connectivity index (χ0v) is 25.8. The van der Waals surface area contributed by atoms with Gasteiger partial charge in [0.25, 0.3) is 0 Å². The Morgan fingerprint density at radius 3 is 2.39 bits per heavy atom. The van der Waals surface area contributed by atoms with Crippen molar-refractivity contribution in [2.24, 2.45) is 40.1 Å². The molecule has 1 heterocycles. The van der Waals surface area contributed by atoms with E-state index in [1.165, 1.54) is 17.2 Å². The molecule has 2 aromatic rings. The minimum absolute atomic E-state index is 0.00174. The van der Waals surface area contributed by atoms with Crippen LogP contribution < -0.4 is 27.0 Å². The Kier molecular flexibility index (Phi) is 8.49. The number of nitrogens with zero attached hydrogens (tertiary/aromatic N) is 4. The predicted molar refractivity (Wildman–Crippen MR) is 167 cm³/mol. The second-order valence-corrected chi connectivity index (χ2v) is 12.3. The first-order chi connectivity index (χ1) is 21.7. The van der Waals surface area contributed by atoms with Gasteiger partial charge in [-0.1, -0.05) is 0 Å². The Bertz CT molecular complexity index is 1670. The Hall–Kier alpha value is -5.02. The fraction of sp³-hybridized carbons (Fsp3) is 0.419. The van der Waals surface area contributed by atoms with E-state index in [4.69, 9.17) is 11.5 Å². The van der Waals surface area contributed by atoms with Crippen molar-refractivity contribution in [1.82, 2.24) is 9.88 Å². The molecule has 2 fully saturated rings. The summed E-state index contributed by atoms with van der Waals surface area (Å²) in [6.45, 7) is -0.339. The van der Waals surface area contributed by atoms with Gasteiger partial charge in [-0.05, 0) is 62.7 Å². The average molecular weight is 633 g/mol. The summed E-state index contributed by atoms with van der Waals surface area (Å²) in [6, 6.07) is 5.42. The molecule has 46 heavy (non-hydrogen) atoms. The third-order valence-electron chi connectivity index (χ3n) is 8.99. The number of ketones is 4. The first-order valence-electron chi connectivity index (χ1n) is 14.6. The molecule has 7 N–H and O–H groups in total. The first-order valence-corrected chi connectivity index (χ1v) is 14.6. The van der Waals surface area contributed by atoms with E-state index in [-0.39, 0.29) is 36.6 Å². The number of rotatable bonds is 7. The van der Waals surface area contributed by atoms with Gasteiger partial charge in [0.15, 0.2) is 40.6 Å². The van der Waals surface area contributed by atoms with Crippen molar-refractivity contribution < 1.29 is 33.9 Å². The fourth-order valence-corrected chi connectivity index (χ4v) is 7.04. The van der Waals surface area contributed by atoms with Gasteiger partial charge in [0.2, 0.25) is 11.8 Å². The molecule has 3 aliphatic rings. The monoisotopic (exact) mass is 632 g/mol. The van der Waals surface area contributed by atoms with Crippen molar-refractivity contribution in [3.63, 3.8) is 0 Å². The van der Waals surface area contributed by atoms with Gasteiger partial charge in [-0.15, -0.1) is 0 Å². The summed E-state index contributed by atoms with van der Waals surface area (Å²) in [6.07, 6.45) is 3.36. The number of pyridine rings is 1. The highest BCUT2D eigenvalue weighted by atomic mass is 16.3. The summed E-state index contributed by atoms with van der Waals surface area (Å²) >= 11 is 0. The lowest BCUT2D eigenvalue weighted by Crippen LogP contribution is -2.74. The third-order valence-corrected chi connectivity index (χ3v) is 8.99. The molecule has 0 radical (unpaired) electrons. The molecule has 5 rings (SSSR count). The van der Waals surface area contributed by atoms with Crippen LogP contribution in [-0.4, -0.2) is 102 Å². The number of guanidine groups is 1. The third kappa shape index (κ3) is 5.41. The fourth-order valence-electron chi connectivity index (χ4n) is 7.04. The summed E-state index contributed by atoms with van der Waals surface area (Å²) in [5.74, 6) is -10.8. The predicted octanol–water partition coefficient (Wildman–Crippen LogP) is -1.01. The minimum Gasteiger partial charge on any atom is -0.377 e. The van der Waals surface area contributed by atoms with Gasteiger partial charge in [0.05, 0.1) is 23.8 Å². The number of fused-ring (bicyclic) bond motifs is 3. The lowest BCUT2D eigenvalue weighted by atomic mass is 9.52. The Labute approximate surface area is 264 Å². The maximum Gasteiger partial charge on any atom is 0.246 e. The highest BCUT2D eigenvalue weighted by molar-refractivity contribution is 6.32. The second kappa shape index (κ2) is 12.1. The van der Waals surface area contributed by atoms with E-state index < -0.39 is 70.3 Å². The van der Waals surface area contributed by atoms with E-state index >= 15 is 0 Å². The summed E-state index contributed by atoms with van der Waals surface area (Å²) in [7, 11) is 6.63. The number of nitrogens with one attached hydrogen (secondary N) is 2. The number of nitrogens with two attached hydrogens (primary N) is 2. The largest absolute Gasteiger partial charge is 0.377 e. The normalized spacial score (nSPS) is 27.4.